The smallest absolute Gasteiger partial charge is 0.330 e. The van der Waals surface area contributed by atoms with Crippen LogP contribution in [0.4, 0.5) is 42.4 Å². The summed E-state index contributed by atoms with van der Waals surface area (Å²) >= 11 is 6.48. The highest BCUT2D eigenvalue weighted by molar-refractivity contribution is 6.34. The number of methoxy groups -OCH3 is 1. The van der Waals surface area contributed by atoms with Gasteiger partial charge >= 0.3 is 6.03 Å². The van der Waals surface area contributed by atoms with Gasteiger partial charge in [-0.2, -0.15) is 4.98 Å². The first kappa shape index (κ1) is 25.8. The van der Waals surface area contributed by atoms with Crippen LogP contribution in [-0.2, 0) is 11.3 Å². The Morgan fingerprint density at radius 3 is 2.70 bits per heavy atom. The van der Waals surface area contributed by atoms with Crippen LogP contribution in [0.3, 0.4) is 0 Å². The Morgan fingerprint density at radius 1 is 1.30 bits per heavy atom. The Balaban J connectivity index is 1.72. The fourth-order valence-corrected chi connectivity index (χ4v) is 4.02. The zero-order valence-corrected chi connectivity index (χ0v) is 20.7. The number of alkyl halides is 2. The molecule has 9 nitrogen and oxygen atoms in total. The first-order chi connectivity index (χ1) is 17.7. The van der Waals surface area contributed by atoms with Crippen molar-refractivity contribution in [1.29, 1.82) is 0 Å². The number of aromatic nitrogens is 2. The molecule has 2 heterocycles. The number of carbonyl (C=O) groups excluding carboxylic acids is 2. The molecule has 0 spiro atoms. The van der Waals surface area contributed by atoms with E-state index >= 15 is 0 Å². The lowest BCUT2D eigenvalue weighted by molar-refractivity contribution is -0.111. The molecule has 3 amide bonds. The lowest BCUT2D eigenvalue weighted by atomic mass is 10.1. The van der Waals surface area contributed by atoms with Gasteiger partial charge in [0.05, 0.1) is 42.3 Å². The van der Waals surface area contributed by atoms with Crippen LogP contribution in [0.2, 0.25) is 5.02 Å². The third-order valence-electron chi connectivity index (χ3n) is 5.56. The van der Waals surface area contributed by atoms with Crippen LogP contribution in [0.1, 0.15) is 11.1 Å². The zero-order valence-electron chi connectivity index (χ0n) is 20.0. The van der Waals surface area contributed by atoms with E-state index in [1.54, 1.807) is 43.3 Å². The molecule has 1 aliphatic rings. The molecule has 12 heteroatoms. The molecule has 0 radical (unpaired) electrons. The quantitative estimate of drug-likeness (QED) is 0.373. The van der Waals surface area contributed by atoms with Crippen molar-refractivity contribution in [1.82, 2.24) is 9.97 Å². The zero-order chi connectivity index (χ0) is 26.7. The van der Waals surface area contributed by atoms with E-state index in [0.29, 0.717) is 39.0 Å². The first-order valence-electron chi connectivity index (χ1n) is 11.1. The average molecular weight is 529 g/mol. The Bertz CT molecular complexity index is 1370. The fourth-order valence-electron chi connectivity index (χ4n) is 3.81. The maximum Gasteiger partial charge on any atom is 0.330 e. The van der Waals surface area contributed by atoms with Gasteiger partial charge < -0.3 is 15.4 Å². The first-order valence-corrected chi connectivity index (χ1v) is 11.5. The fraction of sp³-hybridized carbons (Fsp3) is 0.200. The van der Waals surface area contributed by atoms with Gasteiger partial charge in [0, 0.05) is 17.8 Å². The number of urea groups is 1. The summed E-state index contributed by atoms with van der Waals surface area (Å²) < 4.78 is 32.4. The maximum atomic E-state index is 13.6. The Kier molecular flexibility index (Phi) is 7.53. The minimum Gasteiger partial charge on any atom is -0.497 e. The van der Waals surface area contributed by atoms with Crippen molar-refractivity contribution in [2.24, 2.45) is 0 Å². The predicted octanol–water partition coefficient (Wildman–Crippen LogP) is 5.53. The SMILES string of the molecule is C=CC(=O)Nc1ccccc1Nc1ncc2c(n1)N(CC(F)F)C(=O)N(c1cc(OC)cc(C)c1Cl)C2. The highest BCUT2D eigenvalue weighted by atomic mass is 35.5. The maximum absolute atomic E-state index is 13.6. The minimum absolute atomic E-state index is 0.00644. The van der Waals surface area contributed by atoms with Gasteiger partial charge in [0.1, 0.15) is 11.6 Å². The molecule has 0 unspecified atom stereocenters. The monoisotopic (exact) mass is 528 g/mol. The number of nitrogens with zero attached hydrogens (tertiary/aromatic N) is 4. The molecule has 1 aromatic heterocycles. The van der Waals surface area contributed by atoms with E-state index < -0.39 is 24.9 Å². The van der Waals surface area contributed by atoms with Crippen LogP contribution in [0.15, 0.2) is 55.3 Å². The van der Waals surface area contributed by atoms with Crippen LogP contribution in [0.25, 0.3) is 0 Å². The van der Waals surface area contributed by atoms with Gasteiger partial charge in [0.15, 0.2) is 0 Å². The number of para-hydroxylation sites is 2. The number of ether oxygens (including phenoxy) is 1. The summed E-state index contributed by atoms with van der Waals surface area (Å²) in [6, 6.07) is 9.36. The molecule has 0 fully saturated rings. The van der Waals surface area contributed by atoms with Crippen molar-refractivity contribution in [3.8, 4) is 5.75 Å². The van der Waals surface area contributed by atoms with E-state index in [4.69, 9.17) is 16.3 Å². The summed E-state index contributed by atoms with van der Waals surface area (Å²) in [6.07, 6.45) is -0.239. The van der Waals surface area contributed by atoms with Gasteiger partial charge in [-0.15, -0.1) is 0 Å². The molecular formula is C25H23ClF2N6O3. The van der Waals surface area contributed by atoms with Crippen LogP contribution < -0.4 is 25.2 Å². The molecular weight excluding hydrogens is 506 g/mol. The lowest BCUT2D eigenvalue weighted by Crippen LogP contribution is -2.49. The number of aryl methyl sites for hydroxylation is 1. The molecule has 0 bridgehead atoms. The summed E-state index contributed by atoms with van der Waals surface area (Å²) in [7, 11) is 1.48. The largest absolute Gasteiger partial charge is 0.497 e. The van der Waals surface area contributed by atoms with Crippen molar-refractivity contribution in [3.05, 3.63) is 71.4 Å². The van der Waals surface area contributed by atoms with E-state index in [0.717, 1.165) is 11.0 Å². The summed E-state index contributed by atoms with van der Waals surface area (Å²) in [5, 5.41) is 5.93. The number of carbonyl (C=O) groups is 2. The van der Waals surface area contributed by atoms with Gasteiger partial charge in [0.25, 0.3) is 6.43 Å². The van der Waals surface area contributed by atoms with Gasteiger partial charge in [-0.25, -0.2) is 18.6 Å². The highest BCUT2D eigenvalue weighted by Crippen LogP contribution is 2.38. The van der Waals surface area contributed by atoms with E-state index in [1.165, 1.54) is 18.2 Å². The number of benzene rings is 2. The number of rotatable bonds is 8. The van der Waals surface area contributed by atoms with Gasteiger partial charge in [0.2, 0.25) is 11.9 Å². The number of halogens is 3. The van der Waals surface area contributed by atoms with Crippen LogP contribution in [-0.4, -0.2) is 42.0 Å². The topological polar surface area (TPSA) is 99.7 Å². The standard InChI is InChI=1S/C25H23ClF2N6O3/c1-4-21(35)30-17-7-5-6-8-18(17)31-24-29-11-15-12-33(19-10-16(37-3)9-14(2)22(19)26)25(36)34(13-20(27)28)23(15)32-24/h4-11,20H,1,12-13H2,2-3H3,(H,30,35)(H,29,31,32). The van der Waals surface area contributed by atoms with Crippen LogP contribution >= 0.6 is 11.6 Å². The average Bonchev–Trinajstić information content (AvgIpc) is 2.88. The van der Waals surface area contributed by atoms with E-state index in [1.807, 2.05) is 0 Å². The van der Waals surface area contributed by atoms with Gasteiger partial charge in [-0.1, -0.05) is 30.3 Å². The molecule has 0 saturated heterocycles. The molecule has 192 valence electrons. The molecule has 0 atom stereocenters. The predicted molar refractivity (Wildman–Crippen MR) is 138 cm³/mol. The number of nitrogens with one attached hydrogen (secondary N) is 2. The second-order valence-corrected chi connectivity index (χ2v) is 8.43. The normalized spacial score (nSPS) is 12.9. The molecule has 0 saturated carbocycles. The second-order valence-electron chi connectivity index (χ2n) is 8.05. The van der Waals surface area contributed by atoms with Crippen molar-refractivity contribution in [3.63, 3.8) is 0 Å². The third kappa shape index (κ3) is 5.46. The number of hydrogen-bond donors (Lipinski definition) is 2. The summed E-state index contributed by atoms with van der Waals surface area (Å²) in [5.41, 5.74) is 2.31. The van der Waals surface area contributed by atoms with Crippen molar-refractivity contribution in [2.45, 2.75) is 19.9 Å². The summed E-state index contributed by atoms with van der Waals surface area (Å²) in [5.74, 6) is 0.145. The van der Waals surface area contributed by atoms with Crippen LogP contribution in [0, 0.1) is 6.92 Å². The molecule has 3 aromatic rings. The number of anilines is 5. The summed E-state index contributed by atoms with van der Waals surface area (Å²) in [6.45, 7) is 4.31. The molecule has 2 N–H and O–H groups in total. The van der Waals surface area contributed by atoms with Crippen molar-refractivity contribution in [2.75, 3.05) is 34.1 Å². The number of hydrogen-bond acceptors (Lipinski definition) is 6. The Labute approximate surface area is 216 Å². The van der Waals surface area contributed by atoms with E-state index in [-0.39, 0.29) is 18.3 Å². The van der Waals surface area contributed by atoms with Crippen LogP contribution in [0.5, 0.6) is 5.75 Å². The molecule has 37 heavy (non-hydrogen) atoms. The summed E-state index contributed by atoms with van der Waals surface area (Å²) in [4.78, 5) is 36.1. The minimum atomic E-state index is -2.82. The molecule has 2 aromatic carbocycles. The molecule has 4 rings (SSSR count). The number of fused-ring (bicyclic) bond motifs is 1. The second kappa shape index (κ2) is 10.8. The van der Waals surface area contributed by atoms with Crippen molar-refractivity contribution < 1.29 is 23.1 Å². The molecule has 1 aliphatic heterocycles. The van der Waals surface area contributed by atoms with Crippen molar-refractivity contribution >= 4 is 52.4 Å². The lowest BCUT2D eigenvalue weighted by Gasteiger charge is -2.36. The highest BCUT2D eigenvalue weighted by Gasteiger charge is 2.36. The Hall–Kier alpha value is -4.25. The Morgan fingerprint density at radius 2 is 2.03 bits per heavy atom. The third-order valence-corrected chi connectivity index (χ3v) is 6.05. The van der Waals surface area contributed by atoms with E-state index in [9.17, 15) is 18.4 Å². The molecule has 0 aliphatic carbocycles. The van der Waals surface area contributed by atoms with Gasteiger partial charge in [-0.05, 0) is 36.8 Å². The van der Waals surface area contributed by atoms with E-state index in [2.05, 4.69) is 27.2 Å². The number of amides is 3. The van der Waals surface area contributed by atoms with Gasteiger partial charge in [-0.3, -0.25) is 14.6 Å².